The van der Waals surface area contributed by atoms with Crippen LogP contribution in [0, 0.1) is 6.92 Å². The van der Waals surface area contributed by atoms with Crippen LogP contribution in [-0.2, 0) is 4.74 Å². The van der Waals surface area contributed by atoms with Crippen LogP contribution in [0.3, 0.4) is 0 Å². The molecule has 0 bridgehead atoms. The fraction of sp³-hybridized carbons (Fsp3) is 0.400. The lowest BCUT2D eigenvalue weighted by Crippen LogP contribution is -2.30. The lowest BCUT2D eigenvalue weighted by atomic mass is 9.81. The molecule has 4 rings (SSSR count). The fourth-order valence-corrected chi connectivity index (χ4v) is 6.18. The number of benzene rings is 2. The van der Waals surface area contributed by atoms with Crippen molar-refractivity contribution in [1.82, 2.24) is 4.98 Å². The van der Waals surface area contributed by atoms with E-state index in [1.54, 1.807) is 19.2 Å². The molecule has 1 heterocycles. The van der Waals surface area contributed by atoms with Gasteiger partial charge in [-0.2, -0.15) is 0 Å². The van der Waals surface area contributed by atoms with Crippen LogP contribution in [0.25, 0.3) is 10.9 Å². The van der Waals surface area contributed by atoms with Gasteiger partial charge in [-0.3, -0.25) is 0 Å². The summed E-state index contributed by atoms with van der Waals surface area (Å²) in [6.45, 7) is 4.84. The summed E-state index contributed by atoms with van der Waals surface area (Å²) in [5, 5.41) is 10.8. The molecule has 0 spiro atoms. The summed E-state index contributed by atoms with van der Waals surface area (Å²) in [5.41, 5.74) is 3.80. The van der Waals surface area contributed by atoms with Gasteiger partial charge in [0.25, 0.3) is 0 Å². The van der Waals surface area contributed by atoms with Crippen LogP contribution >= 0.6 is 11.8 Å². The molecule has 0 unspecified atom stereocenters. The van der Waals surface area contributed by atoms with Gasteiger partial charge in [-0.15, -0.1) is 11.8 Å². The highest BCUT2D eigenvalue weighted by molar-refractivity contribution is 8.00. The van der Waals surface area contributed by atoms with Gasteiger partial charge in [0, 0.05) is 29.0 Å². The third-order valence-corrected chi connectivity index (χ3v) is 7.70. The Morgan fingerprint density at radius 3 is 2.68 bits per heavy atom. The fourth-order valence-electron chi connectivity index (χ4n) is 4.63. The van der Waals surface area contributed by atoms with E-state index in [-0.39, 0.29) is 12.0 Å². The zero-order valence-corrected chi connectivity index (χ0v) is 19.0. The van der Waals surface area contributed by atoms with Gasteiger partial charge in [0.2, 0.25) is 0 Å². The molecule has 2 aromatic carbocycles. The second kappa shape index (κ2) is 9.37. The summed E-state index contributed by atoms with van der Waals surface area (Å²) in [6, 6.07) is 11.6. The predicted octanol–water partition coefficient (Wildman–Crippen LogP) is 6.02. The smallest absolute Gasteiger partial charge is 0.335 e. The molecule has 2 N–H and O–H groups in total. The summed E-state index contributed by atoms with van der Waals surface area (Å²) in [4.78, 5) is 15.8. The Morgan fingerprint density at radius 2 is 2.00 bits per heavy atom. The molecule has 1 aliphatic rings. The molecule has 3 aromatic rings. The molecule has 1 aliphatic carbocycles. The molecule has 0 radical (unpaired) electrons. The van der Waals surface area contributed by atoms with Gasteiger partial charge in [-0.25, -0.2) is 4.79 Å². The van der Waals surface area contributed by atoms with Crippen LogP contribution in [0.2, 0.25) is 0 Å². The van der Waals surface area contributed by atoms with Crippen LogP contribution in [0.1, 0.15) is 53.6 Å². The molecule has 0 saturated heterocycles. The molecule has 1 fully saturated rings. The number of rotatable bonds is 7. The summed E-state index contributed by atoms with van der Waals surface area (Å²) >= 11 is 1.88. The summed E-state index contributed by atoms with van der Waals surface area (Å²) in [5.74, 6) is 0.284. The number of aromatic carboxylic acids is 1. The van der Waals surface area contributed by atoms with Gasteiger partial charge >= 0.3 is 5.97 Å². The Morgan fingerprint density at radius 1 is 1.23 bits per heavy atom. The third kappa shape index (κ3) is 4.46. The Bertz CT molecular complexity index is 1060. The minimum Gasteiger partial charge on any atom is -0.496 e. The first-order chi connectivity index (χ1) is 15.0. The Balaban J connectivity index is 1.69. The topological polar surface area (TPSA) is 71.5 Å². The molecular weight excluding hydrogens is 410 g/mol. The number of ether oxygens (including phenoxy) is 2. The molecular formula is C25H29NO4S. The first-order valence-electron chi connectivity index (χ1n) is 10.8. The van der Waals surface area contributed by atoms with Crippen molar-refractivity contribution in [2.75, 3.05) is 13.7 Å². The number of carbonyl (C=O) groups is 1. The average molecular weight is 440 g/mol. The number of methoxy groups -OCH3 is 1. The Kier molecular flexibility index (Phi) is 6.58. The van der Waals surface area contributed by atoms with Crippen molar-refractivity contribution in [2.24, 2.45) is 0 Å². The van der Waals surface area contributed by atoms with Crippen LogP contribution in [0.15, 0.2) is 47.5 Å². The number of hydrogen-bond donors (Lipinski definition) is 2. The van der Waals surface area contributed by atoms with Gasteiger partial charge < -0.3 is 19.6 Å². The Hall–Kier alpha value is -2.44. The zero-order chi connectivity index (χ0) is 22.0. The third-order valence-electron chi connectivity index (χ3n) is 6.17. The van der Waals surface area contributed by atoms with Crippen LogP contribution < -0.4 is 4.74 Å². The second-order valence-corrected chi connectivity index (χ2v) is 9.32. The van der Waals surface area contributed by atoms with E-state index in [4.69, 9.17) is 9.47 Å². The van der Waals surface area contributed by atoms with Gasteiger partial charge in [0.05, 0.1) is 23.7 Å². The number of hydrogen-bond acceptors (Lipinski definition) is 4. The molecule has 3 atom stereocenters. The van der Waals surface area contributed by atoms with E-state index in [2.05, 4.69) is 24.0 Å². The standard InChI is InChI=1S/C25H29NO4S/c1-4-30-18-9-10-22(20(14-18)16-5-7-17(8-6-16)25(27)28)31-24-19-11-12-26-23(19)15(2)13-21(24)29-3/h5-8,11-13,18,20,22,26H,4,9-10,14H2,1-3H3,(H,27,28)/t18-,20-,22-/m0/s1. The van der Waals surface area contributed by atoms with Crippen molar-refractivity contribution in [3.63, 3.8) is 0 Å². The summed E-state index contributed by atoms with van der Waals surface area (Å²) < 4.78 is 11.7. The van der Waals surface area contributed by atoms with Gasteiger partial charge in [-0.1, -0.05) is 12.1 Å². The molecule has 0 amide bonds. The van der Waals surface area contributed by atoms with Crippen molar-refractivity contribution >= 4 is 28.6 Å². The number of aromatic amines is 1. The monoisotopic (exact) mass is 439 g/mol. The molecule has 31 heavy (non-hydrogen) atoms. The minimum atomic E-state index is -0.896. The first-order valence-corrected chi connectivity index (χ1v) is 11.7. The maximum absolute atomic E-state index is 11.3. The van der Waals surface area contributed by atoms with E-state index in [1.807, 2.05) is 37.0 Å². The lowest BCUT2D eigenvalue weighted by Gasteiger charge is -2.36. The molecule has 1 aromatic heterocycles. The maximum atomic E-state index is 11.3. The number of carboxylic acid groups (broad SMARTS) is 1. The van der Waals surface area contributed by atoms with E-state index in [9.17, 15) is 9.90 Å². The van der Waals surface area contributed by atoms with E-state index in [1.165, 1.54) is 16.5 Å². The van der Waals surface area contributed by atoms with Crippen LogP contribution in [0.4, 0.5) is 0 Å². The lowest BCUT2D eigenvalue weighted by molar-refractivity contribution is 0.0321. The summed E-state index contributed by atoms with van der Waals surface area (Å²) in [6.07, 6.45) is 5.21. The van der Waals surface area contributed by atoms with Gasteiger partial charge in [0.1, 0.15) is 5.75 Å². The highest BCUT2D eigenvalue weighted by Crippen LogP contribution is 2.48. The van der Waals surface area contributed by atoms with Gasteiger partial charge in [0.15, 0.2) is 0 Å². The van der Waals surface area contributed by atoms with Crippen molar-refractivity contribution in [3.8, 4) is 5.75 Å². The quantitative estimate of drug-likeness (QED) is 0.471. The van der Waals surface area contributed by atoms with Crippen molar-refractivity contribution in [3.05, 3.63) is 59.3 Å². The number of nitrogens with one attached hydrogen (secondary N) is 1. The highest BCUT2D eigenvalue weighted by Gasteiger charge is 2.34. The molecule has 164 valence electrons. The van der Waals surface area contributed by atoms with E-state index in [0.29, 0.717) is 17.4 Å². The SMILES string of the molecule is CCO[C@H]1CC[C@H](Sc2c(OC)cc(C)c3[nH]ccc23)[C@H](c2ccc(C(=O)O)cc2)C1. The van der Waals surface area contributed by atoms with E-state index < -0.39 is 5.97 Å². The number of aromatic nitrogens is 1. The zero-order valence-electron chi connectivity index (χ0n) is 18.2. The van der Waals surface area contributed by atoms with Gasteiger partial charge in [-0.05, 0) is 74.4 Å². The molecule has 5 nitrogen and oxygen atoms in total. The predicted molar refractivity (Wildman–Crippen MR) is 125 cm³/mol. The van der Waals surface area contributed by atoms with Crippen molar-refractivity contribution < 1.29 is 19.4 Å². The number of thioether (sulfide) groups is 1. The number of fused-ring (bicyclic) bond motifs is 1. The summed E-state index contributed by atoms with van der Waals surface area (Å²) in [7, 11) is 1.73. The van der Waals surface area contributed by atoms with Crippen LogP contribution in [0.5, 0.6) is 5.75 Å². The Labute approximate surface area is 187 Å². The average Bonchev–Trinajstić information content (AvgIpc) is 3.27. The minimum absolute atomic E-state index is 0.234. The van der Waals surface area contributed by atoms with Crippen molar-refractivity contribution in [1.29, 1.82) is 0 Å². The molecule has 6 heteroatoms. The molecule has 1 saturated carbocycles. The maximum Gasteiger partial charge on any atom is 0.335 e. The number of carboxylic acids is 1. The van der Waals surface area contributed by atoms with Crippen molar-refractivity contribution in [2.45, 2.75) is 55.3 Å². The normalized spacial score (nSPS) is 21.3. The highest BCUT2D eigenvalue weighted by atomic mass is 32.2. The van der Waals surface area contributed by atoms with E-state index >= 15 is 0 Å². The van der Waals surface area contributed by atoms with Crippen LogP contribution in [-0.4, -0.2) is 41.1 Å². The number of aryl methyl sites for hydroxylation is 1. The number of H-pyrrole nitrogens is 1. The largest absolute Gasteiger partial charge is 0.496 e. The second-order valence-electron chi connectivity index (χ2n) is 8.07. The first kappa shape index (κ1) is 21.8. The van der Waals surface area contributed by atoms with E-state index in [0.717, 1.165) is 35.4 Å². The molecule has 0 aliphatic heterocycles.